The molecule has 2 aromatic rings. The van der Waals surface area contributed by atoms with Crippen LogP contribution in [0.2, 0.25) is 0 Å². The van der Waals surface area contributed by atoms with E-state index in [1.165, 1.54) is 0 Å². The lowest BCUT2D eigenvalue weighted by Gasteiger charge is -2.27. The van der Waals surface area contributed by atoms with E-state index in [9.17, 15) is 4.79 Å². The number of anilines is 1. The summed E-state index contributed by atoms with van der Waals surface area (Å²) in [6, 6.07) is 9.03. The zero-order valence-electron chi connectivity index (χ0n) is 15.2. The summed E-state index contributed by atoms with van der Waals surface area (Å²) in [5, 5.41) is 2.92. The van der Waals surface area contributed by atoms with Crippen molar-refractivity contribution in [2.45, 2.75) is 33.4 Å². The molecule has 0 aliphatic rings. The van der Waals surface area contributed by atoms with Gasteiger partial charge >= 0.3 is 6.03 Å². The Morgan fingerprint density at radius 3 is 2.68 bits per heavy atom. The van der Waals surface area contributed by atoms with Crippen LogP contribution in [-0.4, -0.2) is 35.7 Å². The van der Waals surface area contributed by atoms with Gasteiger partial charge in [0, 0.05) is 36.7 Å². The van der Waals surface area contributed by atoms with Crippen LogP contribution in [0.3, 0.4) is 0 Å². The predicted molar refractivity (Wildman–Crippen MR) is 98.1 cm³/mol. The molecule has 1 N–H and O–H groups in total. The second-order valence-corrected chi connectivity index (χ2v) is 5.81. The van der Waals surface area contributed by atoms with Crippen LogP contribution in [0.5, 0.6) is 11.5 Å². The lowest BCUT2D eigenvalue weighted by atomic mass is 10.2. The van der Waals surface area contributed by atoms with Gasteiger partial charge in [0.25, 0.3) is 0 Å². The van der Waals surface area contributed by atoms with Crippen molar-refractivity contribution in [3.8, 4) is 11.5 Å². The summed E-state index contributed by atoms with van der Waals surface area (Å²) in [6.07, 6.45) is 3.49. The zero-order valence-corrected chi connectivity index (χ0v) is 15.2. The number of nitrogens with one attached hydrogen (secondary N) is 1. The first-order valence-corrected chi connectivity index (χ1v) is 8.32. The van der Waals surface area contributed by atoms with Gasteiger partial charge in [0.2, 0.25) is 0 Å². The summed E-state index contributed by atoms with van der Waals surface area (Å²) < 4.78 is 10.8. The van der Waals surface area contributed by atoms with E-state index >= 15 is 0 Å². The Morgan fingerprint density at radius 1 is 1.28 bits per heavy atom. The molecule has 1 aromatic heterocycles. The van der Waals surface area contributed by atoms with E-state index in [0.717, 1.165) is 5.56 Å². The molecule has 6 nitrogen and oxygen atoms in total. The molecule has 0 saturated heterocycles. The van der Waals surface area contributed by atoms with E-state index in [1.54, 1.807) is 42.6 Å². The van der Waals surface area contributed by atoms with Crippen LogP contribution in [0, 0.1) is 0 Å². The van der Waals surface area contributed by atoms with Gasteiger partial charge in [-0.2, -0.15) is 0 Å². The Morgan fingerprint density at radius 2 is 2.08 bits per heavy atom. The number of rotatable bonds is 7. The summed E-state index contributed by atoms with van der Waals surface area (Å²) in [6.45, 7) is 6.88. The second kappa shape index (κ2) is 8.92. The van der Waals surface area contributed by atoms with Crippen molar-refractivity contribution in [3.05, 3.63) is 48.3 Å². The van der Waals surface area contributed by atoms with Gasteiger partial charge in [0.15, 0.2) is 11.5 Å². The molecule has 0 radical (unpaired) electrons. The first-order valence-electron chi connectivity index (χ1n) is 8.32. The predicted octanol–water partition coefficient (Wildman–Crippen LogP) is 3.93. The topological polar surface area (TPSA) is 63.7 Å². The molecule has 1 aromatic carbocycles. The maximum Gasteiger partial charge on any atom is 0.322 e. The lowest BCUT2D eigenvalue weighted by Crippen LogP contribution is -2.39. The number of carbonyl (C=O) groups excluding carboxylic acids is 1. The van der Waals surface area contributed by atoms with Crippen molar-refractivity contribution in [3.63, 3.8) is 0 Å². The minimum absolute atomic E-state index is 0.0461. The number of methoxy groups -OCH3 is 1. The molecule has 0 saturated carbocycles. The number of carbonyl (C=O) groups is 1. The third kappa shape index (κ3) is 5.11. The highest BCUT2D eigenvalue weighted by molar-refractivity contribution is 5.90. The molecule has 0 spiro atoms. The van der Waals surface area contributed by atoms with Crippen LogP contribution in [-0.2, 0) is 6.54 Å². The smallest absolute Gasteiger partial charge is 0.322 e. The molecular formula is C19H25N3O3. The molecule has 0 atom stereocenters. The first kappa shape index (κ1) is 18.6. The van der Waals surface area contributed by atoms with Gasteiger partial charge in [-0.05, 0) is 44.5 Å². The molecule has 1 heterocycles. The largest absolute Gasteiger partial charge is 0.493 e. The molecular weight excluding hydrogens is 318 g/mol. The molecule has 2 amide bonds. The maximum atomic E-state index is 12.7. The normalized spacial score (nSPS) is 10.4. The van der Waals surface area contributed by atoms with E-state index in [2.05, 4.69) is 10.3 Å². The minimum Gasteiger partial charge on any atom is -0.493 e. The fourth-order valence-corrected chi connectivity index (χ4v) is 2.40. The molecule has 134 valence electrons. The van der Waals surface area contributed by atoms with Crippen LogP contribution in [0.15, 0.2) is 42.7 Å². The van der Waals surface area contributed by atoms with Crippen LogP contribution >= 0.6 is 0 Å². The Labute approximate surface area is 148 Å². The van der Waals surface area contributed by atoms with E-state index < -0.39 is 0 Å². The summed E-state index contributed by atoms with van der Waals surface area (Å²) in [4.78, 5) is 18.6. The highest BCUT2D eigenvalue weighted by Gasteiger charge is 2.18. The standard InChI is InChI=1S/C19H25N3O3/c1-5-25-18-11-16(8-9-17(18)24-4)21-19(23)22(14(2)3)13-15-7-6-10-20-12-15/h6-12,14H,5,13H2,1-4H3,(H,21,23). The van der Waals surface area contributed by atoms with Gasteiger partial charge in [-0.15, -0.1) is 0 Å². The van der Waals surface area contributed by atoms with Crippen molar-refractivity contribution in [2.24, 2.45) is 0 Å². The van der Waals surface area contributed by atoms with E-state index in [-0.39, 0.29) is 12.1 Å². The first-order chi connectivity index (χ1) is 12.0. The van der Waals surface area contributed by atoms with Crippen LogP contribution < -0.4 is 14.8 Å². The third-order valence-corrected chi connectivity index (χ3v) is 3.67. The Hall–Kier alpha value is -2.76. The average molecular weight is 343 g/mol. The fourth-order valence-electron chi connectivity index (χ4n) is 2.40. The molecule has 2 rings (SSSR count). The number of hydrogen-bond acceptors (Lipinski definition) is 4. The molecule has 0 aliphatic carbocycles. The molecule has 0 bridgehead atoms. The summed E-state index contributed by atoms with van der Waals surface area (Å²) in [7, 11) is 1.59. The molecule has 0 unspecified atom stereocenters. The number of ether oxygens (including phenoxy) is 2. The highest BCUT2D eigenvalue weighted by atomic mass is 16.5. The van der Waals surface area contributed by atoms with Crippen molar-refractivity contribution < 1.29 is 14.3 Å². The number of pyridine rings is 1. The van der Waals surface area contributed by atoms with Gasteiger partial charge in [0.05, 0.1) is 13.7 Å². The average Bonchev–Trinajstić information content (AvgIpc) is 2.61. The Kier molecular flexibility index (Phi) is 6.62. The van der Waals surface area contributed by atoms with Gasteiger partial charge in [0.1, 0.15) is 0 Å². The molecule has 0 aliphatic heterocycles. The summed E-state index contributed by atoms with van der Waals surface area (Å²) in [5.74, 6) is 1.24. The summed E-state index contributed by atoms with van der Waals surface area (Å²) >= 11 is 0. The van der Waals surface area contributed by atoms with Gasteiger partial charge in [-0.3, -0.25) is 4.98 Å². The monoisotopic (exact) mass is 343 g/mol. The lowest BCUT2D eigenvalue weighted by molar-refractivity contribution is 0.193. The van der Waals surface area contributed by atoms with Crippen LogP contribution in [0.1, 0.15) is 26.3 Å². The second-order valence-electron chi connectivity index (χ2n) is 5.81. The van der Waals surface area contributed by atoms with Crippen molar-refractivity contribution >= 4 is 11.7 Å². The molecule has 25 heavy (non-hydrogen) atoms. The van der Waals surface area contributed by atoms with Crippen LogP contribution in [0.25, 0.3) is 0 Å². The maximum absolute atomic E-state index is 12.7. The fraction of sp³-hybridized carbons (Fsp3) is 0.368. The number of amides is 2. The van der Waals surface area contributed by atoms with Gasteiger partial charge < -0.3 is 19.7 Å². The zero-order chi connectivity index (χ0) is 18.2. The van der Waals surface area contributed by atoms with Crippen molar-refractivity contribution in [1.29, 1.82) is 0 Å². The number of aromatic nitrogens is 1. The molecule has 0 fully saturated rings. The SMILES string of the molecule is CCOc1cc(NC(=O)N(Cc2cccnc2)C(C)C)ccc1OC. The number of benzene rings is 1. The van der Waals surface area contributed by atoms with Crippen molar-refractivity contribution in [2.75, 3.05) is 19.0 Å². The number of nitrogens with zero attached hydrogens (tertiary/aromatic N) is 2. The molecule has 6 heteroatoms. The van der Waals surface area contributed by atoms with E-state index in [4.69, 9.17) is 9.47 Å². The number of urea groups is 1. The van der Waals surface area contributed by atoms with Gasteiger partial charge in [-0.1, -0.05) is 6.07 Å². The minimum atomic E-state index is -0.175. The number of hydrogen-bond donors (Lipinski definition) is 1. The highest BCUT2D eigenvalue weighted by Crippen LogP contribution is 2.30. The van der Waals surface area contributed by atoms with Crippen LogP contribution in [0.4, 0.5) is 10.5 Å². The Bertz CT molecular complexity index is 690. The van der Waals surface area contributed by atoms with Crippen molar-refractivity contribution in [1.82, 2.24) is 9.88 Å². The Balaban J connectivity index is 2.14. The van der Waals surface area contributed by atoms with E-state index in [1.807, 2.05) is 32.9 Å². The van der Waals surface area contributed by atoms with Gasteiger partial charge in [-0.25, -0.2) is 4.79 Å². The third-order valence-electron chi connectivity index (χ3n) is 3.67. The quantitative estimate of drug-likeness (QED) is 0.827. The van der Waals surface area contributed by atoms with E-state index in [0.29, 0.717) is 30.3 Å². The summed E-state index contributed by atoms with van der Waals surface area (Å²) in [5.41, 5.74) is 1.64.